The second kappa shape index (κ2) is 8.53. The summed E-state index contributed by atoms with van der Waals surface area (Å²) in [6.45, 7) is 0.628. The number of benzene rings is 1. The summed E-state index contributed by atoms with van der Waals surface area (Å²) in [6.07, 6.45) is 8.18. The van der Waals surface area contributed by atoms with E-state index in [1.165, 1.54) is 29.9 Å². The van der Waals surface area contributed by atoms with Crippen molar-refractivity contribution in [2.24, 2.45) is 0 Å². The first-order chi connectivity index (χ1) is 16.5. The molecule has 174 valence electrons. The lowest BCUT2D eigenvalue weighted by atomic mass is 10.3. The van der Waals surface area contributed by atoms with Crippen LogP contribution in [0, 0.1) is 0 Å². The molecule has 0 atom stereocenters. The van der Waals surface area contributed by atoms with Crippen LogP contribution in [0.25, 0.3) is 5.82 Å². The Bertz CT molecular complexity index is 1440. The molecule has 0 radical (unpaired) electrons. The summed E-state index contributed by atoms with van der Waals surface area (Å²) in [4.78, 5) is 5.46. The van der Waals surface area contributed by atoms with Crippen molar-refractivity contribution < 1.29 is 8.42 Å². The van der Waals surface area contributed by atoms with Crippen LogP contribution in [0.2, 0.25) is 0 Å². The predicted molar refractivity (Wildman–Crippen MR) is 134 cm³/mol. The number of nitrogens with zero attached hydrogens (tertiary/aromatic N) is 4. The largest absolute Gasteiger partial charge is 0.323 e. The van der Waals surface area contributed by atoms with Crippen LogP contribution in [0.4, 0.5) is 11.5 Å². The number of fused-ring (bicyclic) bond motifs is 1. The first-order valence-corrected chi connectivity index (χ1v) is 13.8. The van der Waals surface area contributed by atoms with Gasteiger partial charge in [-0.15, -0.1) is 11.3 Å². The van der Waals surface area contributed by atoms with Crippen molar-refractivity contribution in [3.05, 3.63) is 78.0 Å². The minimum atomic E-state index is -3.56. The van der Waals surface area contributed by atoms with Crippen molar-refractivity contribution in [1.82, 2.24) is 24.1 Å². The highest BCUT2D eigenvalue weighted by molar-refractivity contribution is 7.97. The summed E-state index contributed by atoms with van der Waals surface area (Å²) in [5.41, 5.74) is 1.70. The van der Waals surface area contributed by atoms with Gasteiger partial charge in [0.05, 0.1) is 12.7 Å². The number of anilines is 2. The number of H-pyrrole nitrogens is 1. The minimum Gasteiger partial charge on any atom is -0.323 e. The van der Waals surface area contributed by atoms with Crippen molar-refractivity contribution in [3.63, 3.8) is 0 Å². The molecule has 0 unspecified atom stereocenters. The second-order valence-electron chi connectivity index (χ2n) is 8.06. The van der Waals surface area contributed by atoms with Crippen LogP contribution >= 0.6 is 23.3 Å². The quantitative estimate of drug-likeness (QED) is 0.293. The van der Waals surface area contributed by atoms with Crippen molar-refractivity contribution in [2.75, 3.05) is 10.0 Å². The van der Waals surface area contributed by atoms with Gasteiger partial charge in [-0.05, 0) is 60.5 Å². The Morgan fingerprint density at radius 2 is 2.03 bits per heavy atom. The van der Waals surface area contributed by atoms with Gasteiger partial charge in [0.25, 0.3) is 10.0 Å². The van der Waals surface area contributed by atoms with Gasteiger partial charge in [-0.3, -0.25) is 14.4 Å². The number of rotatable bonds is 8. The van der Waals surface area contributed by atoms with E-state index < -0.39 is 10.0 Å². The smallest absolute Gasteiger partial charge is 0.271 e. The third kappa shape index (κ3) is 4.43. The maximum Gasteiger partial charge on any atom is 0.271 e. The molecule has 1 fully saturated rings. The molecule has 12 heteroatoms. The van der Waals surface area contributed by atoms with Gasteiger partial charge in [0.15, 0.2) is 5.82 Å². The summed E-state index contributed by atoms with van der Waals surface area (Å²) in [5.74, 6) is 3.16. The van der Waals surface area contributed by atoms with Crippen LogP contribution in [0.3, 0.4) is 0 Å². The fourth-order valence-electron chi connectivity index (χ4n) is 3.68. The van der Waals surface area contributed by atoms with Crippen molar-refractivity contribution in [3.8, 4) is 0 Å². The van der Waals surface area contributed by atoms with Crippen LogP contribution in [0.15, 0.2) is 75.5 Å². The van der Waals surface area contributed by atoms with Gasteiger partial charge in [0.1, 0.15) is 15.9 Å². The summed E-state index contributed by atoms with van der Waals surface area (Å²) in [6, 6.07) is 12.7. The number of nitrogens with one attached hydrogen (secondary N) is 3. The van der Waals surface area contributed by atoms with Crippen molar-refractivity contribution in [2.45, 2.75) is 34.4 Å². The van der Waals surface area contributed by atoms with Crippen LogP contribution in [0.1, 0.15) is 30.3 Å². The normalized spacial score (nSPS) is 15.6. The zero-order valence-corrected chi connectivity index (χ0v) is 20.3. The molecule has 1 saturated carbocycles. The predicted octanol–water partition coefficient (Wildman–Crippen LogP) is 4.74. The number of hydrogen-bond donors (Lipinski definition) is 3. The van der Waals surface area contributed by atoms with E-state index in [0.29, 0.717) is 22.4 Å². The van der Waals surface area contributed by atoms with Crippen molar-refractivity contribution >= 4 is 50.6 Å². The third-order valence-corrected chi connectivity index (χ3v) is 9.23. The molecular weight excluding hydrogens is 490 g/mol. The molecule has 0 bridgehead atoms. The van der Waals surface area contributed by atoms with Gasteiger partial charge < -0.3 is 9.62 Å². The van der Waals surface area contributed by atoms with E-state index in [1.807, 2.05) is 29.1 Å². The summed E-state index contributed by atoms with van der Waals surface area (Å²) >= 11 is 2.74. The molecule has 0 spiro atoms. The lowest BCUT2D eigenvalue weighted by Gasteiger charge is -2.26. The van der Waals surface area contributed by atoms with Crippen LogP contribution < -0.4 is 10.0 Å². The first kappa shape index (κ1) is 21.3. The molecule has 1 aromatic carbocycles. The van der Waals surface area contributed by atoms with Gasteiger partial charge in [-0.2, -0.15) is 5.10 Å². The summed E-state index contributed by atoms with van der Waals surface area (Å²) in [7, 11) is -3.56. The fourth-order valence-corrected chi connectivity index (χ4v) is 6.59. The zero-order chi connectivity index (χ0) is 23.1. The molecule has 6 rings (SSSR count). The third-order valence-electron chi connectivity index (χ3n) is 5.50. The molecule has 1 aliphatic carbocycles. The SMILES string of the molecule is O=S(=O)(Nc1ccc(SN2C=C(Nc3cc(C4CC4)[nH]n3)n3ccnc3C2)cc1)c1cccs1. The average molecular weight is 512 g/mol. The summed E-state index contributed by atoms with van der Waals surface area (Å²) < 4.78 is 31.9. The standard InChI is InChI=1S/C22H21N7O2S3/c30-34(31,22-2-1-11-32-22)27-16-5-7-17(8-6-16)33-28-13-20-23-9-10-29(20)21(14-28)24-19-12-18(25-26-19)15-3-4-15/h1-2,5-12,14-15,27H,3-4,13H2,(H2,24,25,26). The maximum atomic E-state index is 12.4. The minimum absolute atomic E-state index is 0.293. The van der Waals surface area contributed by atoms with E-state index in [-0.39, 0.29) is 0 Å². The molecular formula is C22H21N7O2S3. The number of thiophene rings is 1. The Labute approximate surface area is 205 Å². The molecule has 0 amide bonds. The van der Waals surface area contributed by atoms with E-state index in [2.05, 4.69) is 35.6 Å². The van der Waals surface area contributed by atoms with Gasteiger partial charge in [-0.1, -0.05) is 6.07 Å². The lowest BCUT2D eigenvalue weighted by Crippen LogP contribution is -2.23. The monoisotopic (exact) mass is 511 g/mol. The average Bonchev–Trinajstić information content (AvgIpc) is 3.23. The molecule has 0 saturated heterocycles. The Kier molecular flexibility index (Phi) is 5.35. The highest BCUT2D eigenvalue weighted by Crippen LogP contribution is 2.40. The Morgan fingerprint density at radius 1 is 1.18 bits per heavy atom. The van der Waals surface area contributed by atoms with Gasteiger partial charge in [0, 0.05) is 40.7 Å². The van der Waals surface area contributed by atoms with E-state index >= 15 is 0 Å². The van der Waals surface area contributed by atoms with Gasteiger partial charge in [-0.25, -0.2) is 13.4 Å². The fraction of sp³-hybridized carbons (Fsp3) is 0.182. The van der Waals surface area contributed by atoms with Crippen molar-refractivity contribution in [1.29, 1.82) is 0 Å². The molecule has 9 nitrogen and oxygen atoms in total. The number of sulfonamides is 1. The molecule has 2 aliphatic rings. The van der Waals surface area contributed by atoms with Gasteiger partial charge in [0.2, 0.25) is 0 Å². The molecule has 34 heavy (non-hydrogen) atoms. The summed E-state index contributed by atoms with van der Waals surface area (Å²) in [5, 5.41) is 12.7. The molecule has 4 heterocycles. The number of hydrogen-bond acceptors (Lipinski definition) is 8. The first-order valence-electron chi connectivity index (χ1n) is 10.7. The Balaban J connectivity index is 1.16. The van der Waals surface area contributed by atoms with E-state index in [9.17, 15) is 8.42 Å². The number of aromatic nitrogens is 4. The highest BCUT2D eigenvalue weighted by Gasteiger charge is 2.26. The number of imidazole rings is 1. The number of aromatic amines is 1. The highest BCUT2D eigenvalue weighted by atomic mass is 32.2. The topological polar surface area (TPSA) is 108 Å². The Hall–Kier alpha value is -3.22. The van der Waals surface area contributed by atoms with Crippen LogP contribution in [0.5, 0.6) is 0 Å². The molecule has 3 aromatic heterocycles. The van der Waals surface area contributed by atoms with Crippen LogP contribution in [-0.4, -0.2) is 32.5 Å². The lowest BCUT2D eigenvalue weighted by molar-refractivity contribution is 0.562. The van der Waals surface area contributed by atoms with E-state index in [0.717, 1.165) is 22.4 Å². The van der Waals surface area contributed by atoms with Crippen LogP contribution in [-0.2, 0) is 16.6 Å². The second-order valence-corrected chi connectivity index (χ2v) is 12.0. The molecule has 3 N–H and O–H groups in total. The van der Waals surface area contributed by atoms with E-state index in [1.54, 1.807) is 47.8 Å². The van der Waals surface area contributed by atoms with Gasteiger partial charge >= 0.3 is 0 Å². The molecule has 1 aliphatic heterocycles. The molecule has 4 aromatic rings. The maximum absolute atomic E-state index is 12.4. The van der Waals surface area contributed by atoms with E-state index in [4.69, 9.17) is 0 Å². The zero-order valence-electron chi connectivity index (χ0n) is 17.9. The Morgan fingerprint density at radius 3 is 2.79 bits per heavy atom.